The molecule has 0 aliphatic carbocycles. The zero-order valence-corrected chi connectivity index (χ0v) is 13.7. The van der Waals surface area contributed by atoms with Crippen LogP contribution in [0.3, 0.4) is 0 Å². The largest absolute Gasteiger partial charge is 0.481 e. The van der Waals surface area contributed by atoms with Crippen LogP contribution >= 0.6 is 0 Å². The number of aliphatic hydroxyl groups is 1. The topological polar surface area (TPSA) is 170 Å². The third kappa shape index (κ3) is 11.7. The van der Waals surface area contributed by atoms with Gasteiger partial charge in [-0.3, -0.25) is 14.4 Å². The quantitative estimate of drug-likeness (QED) is 0.324. The normalized spacial score (nSPS) is 12.4. The molecule has 25 heavy (non-hydrogen) atoms. The van der Waals surface area contributed by atoms with Crippen molar-refractivity contribution in [3.05, 3.63) is 35.9 Å². The predicted molar refractivity (Wildman–Crippen MR) is 89.1 cm³/mol. The molecule has 0 fully saturated rings. The van der Waals surface area contributed by atoms with Crippen molar-refractivity contribution in [1.29, 1.82) is 0 Å². The first-order valence-corrected chi connectivity index (χ1v) is 7.59. The predicted octanol–water partition coefficient (Wildman–Crippen LogP) is -0.473. The smallest absolute Gasteiger partial charge is 0.322 e. The summed E-state index contributed by atoms with van der Waals surface area (Å²) in [5, 5.41) is 36.1. The molecule has 0 unspecified atom stereocenters. The van der Waals surface area contributed by atoms with E-state index in [0.29, 0.717) is 12.8 Å². The fourth-order valence-electron chi connectivity index (χ4n) is 1.70. The number of carbonyl (C=O) groups is 3. The summed E-state index contributed by atoms with van der Waals surface area (Å²) in [6.07, 6.45) is 1.02. The van der Waals surface area contributed by atoms with E-state index in [1.54, 1.807) is 0 Å². The Morgan fingerprint density at radius 2 is 1.64 bits per heavy atom. The Morgan fingerprint density at radius 3 is 2.04 bits per heavy atom. The number of carboxylic acid groups (broad SMARTS) is 3. The van der Waals surface area contributed by atoms with E-state index in [2.05, 4.69) is 5.32 Å². The van der Waals surface area contributed by atoms with Crippen molar-refractivity contribution >= 4 is 17.9 Å². The highest BCUT2D eigenvalue weighted by atomic mass is 16.4. The standard InChI is InChI=1S/C13H17NO4.C3H7NO3/c15-12(16)8-9-14-11(13(17)18)7-6-10-4-2-1-3-5-10;4-2(1-5)3(6)7/h1-5,11,14H,6-9H2,(H,15,16)(H,17,18);2,5H,1,4H2,(H,6,7)/t11-;2-/m10/s1. The summed E-state index contributed by atoms with van der Waals surface area (Å²) in [5.41, 5.74) is 5.84. The van der Waals surface area contributed by atoms with Gasteiger partial charge in [0.05, 0.1) is 13.0 Å². The Labute approximate surface area is 145 Å². The number of carboxylic acids is 3. The molecule has 1 aromatic rings. The van der Waals surface area contributed by atoms with Crippen LogP contribution in [0.2, 0.25) is 0 Å². The van der Waals surface area contributed by atoms with Gasteiger partial charge in [-0.1, -0.05) is 30.3 Å². The third-order valence-electron chi connectivity index (χ3n) is 3.11. The second-order valence-corrected chi connectivity index (χ2v) is 5.14. The minimum atomic E-state index is -1.18. The molecule has 0 aliphatic heterocycles. The van der Waals surface area contributed by atoms with Crippen LogP contribution in [0.25, 0.3) is 0 Å². The second-order valence-electron chi connectivity index (χ2n) is 5.14. The first kappa shape index (κ1) is 22.5. The molecule has 9 nitrogen and oxygen atoms in total. The zero-order chi connectivity index (χ0) is 19.2. The lowest BCUT2D eigenvalue weighted by Gasteiger charge is -2.13. The highest BCUT2D eigenvalue weighted by Gasteiger charge is 2.16. The molecule has 9 heteroatoms. The Hall–Kier alpha value is -2.49. The summed E-state index contributed by atoms with van der Waals surface area (Å²) in [6.45, 7) is -0.337. The van der Waals surface area contributed by atoms with E-state index in [1.165, 1.54) is 0 Å². The molecular formula is C16H24N2O7. The molecule has 0 heterocycles. The summed E-state index contributed by atoms with van der Waals surface area (Å²) in [4.78, 5) is 31.0. The summed E-state index contributed by atoms with van der Waals surface area (Å²) in [6, 6.07) is 7.77. The molecule has 1 aromatic carbocycles. The van der Waals surface area contributed by atoms with Gasteiger partial charge in [0, 0.05) is 6.54 Å². The van der Waals surface area contributed by atoms with Crippen LogP contribution < -0.4 is 11.1 Å². The number of nitrogens with one attached hydrogen (secondary N) is 1. The number of aliphatic carboxylic acids is 3. The second kappa shape index (κ2) is 12.9. The van der Waals surface area contributed by atoms with Gasteiger partial charge < -0.3 is 31.5 Å². The third-order valence-corrected chi connectivity index (χ3v) is 3.11. The molecule has 0 amide bonds. The molecule has 140 valence electrons. The van der Waals surface area contributed by atoms with Gasteiger partial charge in [-0.05, 0) is 18.4 Å². The SMILES string of the molecule is N[C@@H](CO)C(=O)O.O=C(O)CCN[C@H](CCc1ccccc1)C(=O)O. The van der Waals surface area contributed by atoms with E-state index in [9.17, 15) is 14.4 Å². The van der Waals surface area contributed by atoms with Crippen LogP contribution in [0.1, 0.15) is 18.4 Å². The summed E-state index contributed by atoms with van der Waals surface area (Å²) in [5.74, 6) is -3.06. The molecule has 7 N–H and O–H groups in total. The zero-order valence-electron chi connectivity index (χ0n) is 13.7. The van der Waals surface area contributed by atoms with Gasteiger partial charge in [-0.15, -0.1) is 0 Å². The fourth-order valence-corrected chi connectivity index (χ4v) is 1.70. The van der Waals surface area contributed by atoms with Gasteiger partial charge in [0.15, 0.2) is 0 Å². The number of aliphatic hydroxyl groups excluding tert-OH is 1. The van der Waals surface area contributed by atoms with Crippen LogP contribution in [0.15, 0.2) is 30.3 Å². The van der Waals surface area contributed by atoms with E-state index in [4.69, 9.17) is 26.2 Å². The first-order chi connectivity index (χ1) is 11.8. The molecule has 0 aliphatic rings. The molecule has 0 bridgehead atoms. The van der Waals surface area contributed by atoms with E-state index >= 15 is 0 Å². The number of nitrogens with two attached hydrogens (primary N) is 1. The van der Waals surface area contributed by atoms with Gasteiger partial charge in [0.2, 0.25) is 0 Å². The lowest BCUT2D eigenvalue weighted by atomic mass is 10.1. The van der Waals surface area contributed by atoms with Crippen molar-refractivity contribution in [2.75, 3.05) is 13.2 Å². The highest BCUT2D eigenvalue weighted by Crippen LogP contribution is 2.05. The van der Waals surface area contributed by atoms with Gasteiger partial charge in [0.25, 0.3) is 0 Å². The highest BCUT2D eigenvalue weighted by molar-refractivity contribution is 5.73. The van der Waals surface area contributed by atoms with E-state index in [1.807, 2.05) is 30.3 Å². The van der Waals surface area contributed by atoms with Crippen molar-refractivity contribution in [3.8, 4) is 0 Å². The average Bonchev–Trinajstić information content (AvgIpc) is 2.57. The van der Waals surface area contributed by atoms with Crippen LogP contribution in [-0.2, 0) is 20.8 Å². The summed E-state index contributed by atoms with van der Waals surface area (Å²) in [7, 11) is 0. The van der Waals surface area contributed by atoms with Gasteiger partial charge in [-0.2, -0.15) is 0 Å². The Bertz CT molecular complexity index is 537. The lowest BCUT2D eigenvalue weighted by Crippen LogP contribution is -2.38. The van der Waals surface area contributed by atoms with Gasteiger partial charge in [-0.25, -0.2) is 0 Å². The Balaban J connectivity index is 0.000000697. The van der Waals surface area contributed by atoms with Crippen LogP contribution in [0.4, 0.5) is 0 Å². The molecule has 0 radical (unpaired) electrons. The van der Waals surface area contributed by atoms with Gasteiger partial charge >= 0.3 is 17.9 Å². The van der Waals surface area contributed by atoms with E-state index in [0.717, 1.165) is 5.56 Å². The molecule has 0 aromatic heterocycles. The van der Waals surface area contributed by atoms with Crippen molar-refractivity contribution in [2.24, 2.45) is 5.73 Å². The maximum absolute atomic E-state index is 11.0. The first-order valence-electron chi connectivity index (χ1n) is 7.59. The Morgan fingerprint density at radius 1 is 1.04 bits per heavy atom. The molecule has 1 rings (SSSR count). The lowest BCUT2D eigenvalue weighted by molar-refractivity contribution is -0.141. The van der Waals surface area contributed by atoms with Crippen LogP contribution in [-0.4, -0.2) is 63.6 Å². The number of aryl methyl sites for hydroxylation is 1. The van der Waals surface area contributed by atoms with E-state index < -0.39 is 36.6 Å². The fraction of sp³-hybridized carbons (Fsp3) is 0.438. The molecule has 0 spiro atoms. The molecule has 0 saturated heterocycles. The number of hydrogen-bond acceptors (Lipinski definition) is 6. The van der Waals surface area contributed by atoms with Crippen molar-refractivity contribution in [1.82, 2.24) is 5.32 Å². The van der Waals surface area contributed by atoms with Crippen molar-refractivity contribution in [2.45, 2.75) is 31.3 Å². The van der Waals surface area contributed by atoms with Crippen molar-refractivity contribution in [3.63, 3.8) is 0 Å². The minimum absolute atomic E-state index is 0.0743. The Kier molecular flexibility index (Phi) is 11.6. The summed E-state index contributed by atoms with van der Waals surface area (Å²) < 4.78 is 0. The van der Waals surface area contributed by atoms with Crippen molar-refractivity contribution < 1.29 is 34.8 Å². The maximum Gasteiger partial charge on any atom is 0.322 e. The molecular weight excluding hydrogens is 332 g/mol. The monoisotopic (exact) mass is 356 g/mol. The van der Waals surface area contributed by atoms with Gasteiger partial charge in [0.1, 0.15) is 12.1 Å². The number of benzene rings is 1. The van der Waals surface area contributed by atoms with Crippen LogP contribution in [0, 0.1) is 0 Å². The number of rotatable bonds is 10. The summed E-state index contributed by atoms with van der Waals surface area (Å²) >= 11 is 0. The number of hydrogen-bond donors (Lipinski definition) is 6. The maximum atomic E-state index is 11.0. The average molecular weight is 356 g/mol. The van der Waals surface area contributed by atoms with Crippen LogP contribution in [0.5, 0.6) is 0 Å². The minimum Gasteiger partial charge on any atom is -0.481 e. The molecule has 0 saturated carbocycles. The van der Waals surface area contributed by atoms with E-state index in [-0.39, 0.29) is 13.0 Å². The molecule has 2 atom stereocenters.